The molecule has 4 heteroatoms. The van der Waals surface area contributed by atoms with Crippen LogP contribution in [0.4, 0.5) is 17.1 Å². The van der Waals surface area contributed by atoms with Gasteiger partial charge in [-0.05, 0) is 50.0 Å². The molecular weight excluding hydrogens is 535 g/mol. The van der Waals surface area contributed by atoms with E-state index in [0.717, 1.165) is 33.5 Å². The molecule has 5 aromatic rings. The molecule has 0 saturated carbocycles. The largest absolute Gasteiger partial charge is 0.347 e. The number of rotatable bonds is 3. The fraction of sp³-hybridized carbons (Fsp3) is 0.0800. The van der Waals surface area contributed by atoms with Gasteiger partial charge in [0.2, 0.25) is 0 Å². The Morgan fingerprint density at radius 1 is 0.793 bits per heavy atom. The zero-order valence-electron chi connectivity index (χ0n) is 16.3. The fourth-order valence-corrected chi connectivity index (χ4v) is 3.64. The summed E-state index contributed by atoms with van der Waals surface area (Å²) in [6.45, 7) is 4.23. The summed E-state index contributed by atoms with van der Waals surface area (Å²) >= 11 is 0. The van der Waals surface area contributed by atoms with Gasteiger partial charge in [-0.25, -0.2) is 0 Å². The van der Waals surface area contributed by atoms with Crippen LogP contribution in [0.1, 0.15) is 11.1 Å². The summed E-state index contributed by atoms with van der Waals surface area (Å²) < 4.78 is 2.03. The summed E-state index contributed by atoms with van der Waals surface area (Å²) in [5, 5.41) is 2.15. The molecule has 2 heterocycles. The van der Waals surface area contributed by atoms with Crippen LogP contribution in [0.3, 0.4) is 0 Å². The van der Waals surface area contributed by atoms with Crippen LogP contribution in [0.25, 0.3) is 16.4 Å². The van der Waals surface area contributed by atoms with Gasteiger partial charge in [-0.3, -0.25) is 4.98 Å². The van der Waals surface area contributed by atoms with Gasteiger partial charge in [0.1, 0.15) is 0 Å². The predicted molar refractivity (Wildman–Crippen MR) is 116 cm³/mol. The third-order valence-electron chi connectivity index (χ3n) is 5.13. The summed E-state index contributed by atoms with van der Waals surface area (Å²) in [5.74, 6) is 0. The van der Waals surface area contributed by atoms with Gasteiger partial charge in [-0.2, -0.15) is 0 Å². The Morgan fingerprint density at radius 2 is 1.41 bits per heavy atom. The first-order valence-electron chi connectivity index (χ1n) is 9.40. The second-order valence-electron chi connectivity index (χ2n) is 7.13. The summed E-state index contributed by atoms with van der Waals surface area (Å²) in [6.07, 6.45) is 5.85. The molecule has 0 aliphatic rings. The van der Waals surface area contributed by atoms with Crippen molar-refractivity contribution < 1.29 is 20.1 Å². The Balaban J connectivity index is 0.00000205. The standard InChI is InChI=1S/C25H20N3.Ir/c1-18-6-10-20(11-7-18)28(21-12-8-19(2)9-13-21)24-5-3-4-23-22(24)14-16-27-17-15-26-25(23)27;/h3,5-17H,1-2H3;/q-1;. The minimum Gasteiger partial charge on any atom is -0.347 e. The Kier molecular flexibility index (Phi) is 5.23. The third kappa shape index (κ3) is 3.46. The van der Waals surface area contributed by atoms with Crippen LogP contribution in [-0.4, -0.2) is 9.38 Å². The first-order chi connectivity index (χ1) is 13.7. The van der Waals surface area contributed by atoms with Crippen LogP contribution in [0, 0.1) is 19.9 Å². The molecule has 0 aliphatic carbocycles. The predicted octanol–water partition coefficient (Wildman–Crippen LogP) is 6.37. The molecule has 3 aromatic carbocycles. The molecule has 0 N–H and O–H groups in total. The van der Waals surface area contributed by atoms with Crippen molar-refractivity contribution in [3.05, 3.63) is 103 Å². The van der Waals surface area contributed by atoms with Crippen molar-refractivity contribution in [3.8, 4) is 0 Å². The number of imidazole rings is 1. The van der Waals surface area contributed by atoms with Crippen molar-refractivity contribution in [3.63, 3.8) is 0 Å². The topological polar surface area (TPSA) is 20.5 Å². The number of aromatic nitrogens is 2. The van der Waals surface area contributed by atoms with Gasteiger partial charge < -0.3 is 9.30 Å². The van der Waals surface area contributed by atoms with Crippen molar-refractivity contribution >= 4 is 33.5 Å². The van der Waals surface area contributed by atoms with Crippen LogP contribution in [0.2, 0.25) is 0 Å². The number of fused-ring (bicyclic) bond motifs is 3. The van der Waals surface area contributed by atoms with Gasteiger partial charge in [0.25, 0.3) is 0 Å². The molecular formula is C25H20IrN3-. The Bertz CT molecular complexity index is 1230. The molecule has 2 aromatic heterocycles. The van der Waals surface area contributed by atoms with Gasteiger partial charge >= 0.3 is 0 Å². The van der Waals surface area contributed by atoms with Crippen LogP contribution in [-0.2, 0) is 20.1 Å². The Morgan fingerprint density at radius 3 is 2.03 bits per heavy atom. The molecule has 0 amide bonds. The number of benzene rings is 3. The first kappa shape index (κ1) is 19.4. The molecule has 0 fully saturated rings. The van der Waals surface area contributed by atoms with Crippen LogP contribution < -0.4 is 4.90 Å². The maximum Gasteiger partial charge on any atom is 0.0604 e. The first-order valence-corrected chi connectivity index (χ1v) is 9.40. The monoisotopic (exact) mass is 555 g/mol. The molecule has 0 spiro atoms. The third-order valence-corrected chi connectivity index (χ3v) is 5.13. The number of aryl methyl sites for hydroxylation is 2. The molecule has 5 rings (SSSR count). The second-order valence-corrected chi connectivity index (χ2v) is 7.13. The smallest absolute Gasteiger partial charge is 0.0604 e. The summed E-state index contributed by atoms with van der Waals surface area (Å²) in [4.78, 5) is 6.83. The Hall–Kier alpha value is -2.94. The van der Waals surface area contributed by atoms with Gasteiger partial charge in [-0.15, -0.1) is 18.2 Å². The van der Waals surface area contributed by atoms with E-state index in [0.29, 0.717) is 0 Å². The van der Waals surface area contributed by atoms with Crippen LogP contribution >= 0.6 is 0 Å². The van der Waals surface area contributed by atoms with E-state index in [2.05, 4.69) is 96.7 Å². The molecule has 29 heavy (non-hydrogen) atoms. The van der Waals surface area contributed by atoms with Gasteiger partial charge in [0.15, 0.2) is 0 Å². The van der Waals surface area contributed by atoms with E-state index >= 15 is 0 Å². The van der Waals surface area contributed by atoms with E-state index in [4.69, 9.17) is 0 Å². The second kappa shape index (κ2) is 7.82. The molecule has 0 bridgehead atoms. The maximum absolute atomic E-state index is 4.53. The van der Waals surface area contributed by atoms with Crippen molar-refractivity contribution in [1.29, 1.82) is 0 Å². The number of anilines is 3. The number of hydrogen-bond donors (Lipinski definition) is 0. The zero-order valence-corrected chi connectivity index (χ0v) is 18.7. The maximum atomic E-state index is 4.53. The van der Waals surface area contributed by atoms with E-state index in [9.17, 15) is 0 Å². The minimum atomic E-state index is 0. The van der Waals surface area contributed by atoms with Crippen molar-refractivity contribution in [2.75, 3.05) is 4.90 Å². The van der Waals surface area contributed by atoms with Crippen molar-refractivity contribution in [1.82, 2.24) is 9.38 Å². The van der Waals surface area contributed by atoms with Crippen molar-refractivity contribution in [2.24, 2.45) is 0 Å². The van der Waals surface area contributed by atoms with Gasteiger partial charge in [-0.1, -0.05) is 52.2 Å². The number of hydrogen-bond acceptors (Lipinski definition) is 2. The van der Waals surface area contributed by atoms with E-state index in [1.54, 1.807) is 0 Å². The molecule has 1 radical (unpaired) electrons. The molecule has 0 unspecified atom stereocenters. The van der Waals surface area contributed by atoms with E-state index in [1.807, 2.05) is 22.9 Å². The Labute approximate surface area is 184 Å². The number of pyridine rings is 1. The average Bonchev–Trinajstić information content (AvgIpc) is 3.20. The molecule has 0 aliphatic heterocycles. The summed E-state index contributed by atoms with van der Waals surface area (Å²) in [7, 11) is 0. The molecule has 0 atom stereocenters. The summed E-state index contributed by atoms with van der Waals surface area (Å²) in [6, 6.07) is 26.9. The van der Waals surface area contributed by atoms with Crippen molar-refractivity contribution in [2.45, 2.75) is 13.8 Å². The van der Waals surface area contributed by atoms with Crippen LogP contribution in [0.5, 0.6) is 0 Å². The minimum absolute atomic E-state index is 0. The quantitative estimate of drug-likeness (QED) is 0.242. The fourth-order valence-electron chi connectivity index (χ4n) is 3.64. The van der Waals surface area contributed by atoms with Gasteiger partial charge in [0.05, 0.1) is 5.65 Å². The SMILES string of the molecule is Cc1ccc(N(c2ccc(C)cc2)c2cc[c-]c3c2ccn2ccnc32)cc1.[Ir]. The van der Waals surface area contributed by atoms with E-state index in [1.165, 1.54) is 11.1 Å². The number of nitrogens with zero attached hydrogens (tertiary/aromatic N) is 3. The molecule has 145 valence electrons. The molecule has 0 saturated heterocycles. The normalized spacial score (nSPS) is 10.8. The summed E-state index contributed by atoms with van der Waals surface area (Å²) in [5.41, 5.74) is 6.80. The molecule has 3 nitrogen and oxygen atoms in total. The van der Waals surface area contributed by atoms with E-state index < -0.39 is 0 Å². The zero-order chi connectivity index (χ0) is 19.1. The van der Waals surface area contributed by atoms with Crippen LogP contribution in [0.15, 0.2) is 85.3 Å². The average molecular weight is 555 g/mol. The van der Waals surface area contributed by atoms with Gasteiger partial charge in [0, 0.05) is 43.9 Å². The van der Waals surface area contributed by atoms with E-state index in [-0.39, 0.29) is 20.1 Å².